The van der Waals surface area contributed by atoms with Crippen LogP contribution in [0.4, 0.5) is 4.39 Å². The van der Waals surface area contributed by atoms with E-state index in [1.165, 1.54) is 29.9 Å². The minimum atomic E-state index is -0.413. The van der Waals surface area contributed by atoms with Gasteiger partial charge in [0.15, 0.2) is 10.8 Å². The van der Waals surface area contributed by atoms with E-state index in [0.29, 0.717) is 17.1 Å². The number of benzene rings is 1. The van der Waals surface area contributed by atoms with Gasteiger partial charge in [0.2, 0.25) is 0 Å². The van der Waals surface area contributed by atoms with Crippen LogP contribution in [0.15, 0.2) is 18.2 Å². The minimum absolute atomic E-state index is 0.0846. The van der Waals surface area contributed by atoms with Crippen molar-refractivity contribution in [2.45, 2.75) is 0 Å². The number of hydrogen-bond acceptors (Lipinski definition) is 3. The normalized spacial score (nSPS) is 10.2. The SMILES string of the molecule is COc1ccc(F)cc1-c1nc(Cl)c(C#N)n1C. The van der Waals surface area contributed by atoms with Crippen molar-refractivity contribution in [3.05, 3.63) is 34.9 Å². The maximum absolute atomic E-state index is 13.3. The Morgan fingerprint density at radius 1 is 1.50 bits per heavy atom. The smallest absolute Gasteiger partial charge is 0.166 e. The zero-order chi connectivity index (χ0) is 13.3. The molecule has 0 aliphatic carbocycles. The topological polar surface area (TPSA) is 50.8 Å². The molecule has 0 unspecified atom stereocenters. The summed E-state index contributed by atoms with van der Waals surface area (Å²) in [4.78, 5) is 4.06. The van der Waals surface area contributed by atoms with E-state index in [-0.39, 0.29) is 10.8 Å². The summed E-state index contributed by atoms with van der Waals surface area (Å²) >= 11 is 5.85. The lowest BCUT2D eigenvalue weighted by Crippen LogP contribution is -1.98. The first-order valence-electron chi connectivity index (χ1n) is 5.04. The molecule has 0 spiro atoms. The standard InChI is InChI=1S/C12H9ClFN3O/c1-17-9(6-15)11(13)16-12(17)8-5-7(14)3-4-10(8)18-2/h3-5H,1-2H3. The van der Waals surface area contributed by atoms with Crippen LogP contribution in [0.2, 0.25) is 5.15 Å². The number of aromatic nitrogens is 2. The molecule has 2 aromatic rings. The van der Waals surface area contributed by atoms with Gasteiger partial charge in [-0.05, 0) is 18.2 Å². The lowest BCUT2D eigenvalue weighted by atomic mass is 10.2. The molecule has 1 aromatic carbocycles. The molecule has 92 valence electrons. The van der Waals surface area contributed by atoms with Crippen molar-refractivity contribution in [1.82, 2.24) is 9.55 Å². The maximum atomic E-state index is 13.3. The second-order valence-corrected chi connectivity index (χ2v) is 3.95. The van der Waals surface area contributed by atoms with Gasteiger partial charge >= 0.3 is 0 Å². The summed E-state index contributed by atoms with van der Waals surface area (Å²) in [5, 5.41) is 9.02. The first-order chi connectivity index (χ1) is 8.58. The van der Waals surface area contributed by atoms with Gasteiger partial charge in [-0.1, -0.05) is 11.6 Å². The van der Waals surface area contributed by atoms with Gasteiger partial charge < -0.3 is 9.30 Å². The quantitative estimate of drug-likeness (QED) is 0.839. The molecule has 0 saturated heterocycles. The summed E-state index contributed by atoms with van der Waals surface area (Å²) in [5.41, 5.74) is 0.668. The van der Waals surface area contributed by atoms with Crippen LogP contribution in [0.3, 0.4) is 0 Å². The van der Waals surface area contributed by atoms with Crippen LogP contribution in [0.1, 0.15) is 5.69 Å². The van der Waals surface area contributed by atoms with Crippen molar-refractivity contribution in [3.8, 4) is 23.2 Å². The molecule has 0 atom stereocenters. The van der Waals surface area contributed by atoms with Crippen molar-refractivity contribution < 1.29 is 9.13 Å². The van der Waals surface area contributed by atoms with Gasteiger partial charge in [-0.3, -0.25) is 0 Å². The summed E-state index contributed by atoms with van der Waals surface area (Å²) in [6.45, 7) is 0. The highest BCUT2D eigenvalue weighted by Crippen LogP contribution is 2.31. The Morgan fingerprint density at radius 2 is 2.22 bits per heavy atom. The number of nitrogens with zero attached hydrogens (tertiary/aromatic N) is 3. The maximum Gasteiger partial charge on any atom is 0.166 e. The lowest BCUT2D eigenvalue weighted by molar-refractivity contribution is 0.415. The highest BCUT2D eigenvalue weighted by molar-refractivity contribution is 6.30. The molecule has 0 radical (unpaired) electrons. The van der Waals surface area contributed by atoms with E-state index in [1.54, 1.807) is 7.05 Å². The molecule has 4 nitrogen and oxygen atoms in total. The Kier molecular flexibility index (Phi) is 3.21. The molecular weight excluding hydrogens is 257 g/mol. The number of rotatable bonds is 2. The molecule has 0 fully saturated rings. The Labute approximate surface area is 108 Å². The van der Waals surface area contributed by atoms with Crippen LogP contribution in [0.25, 0.3) is 11.4 Å². The van der Waals surface area contributed by atoms with Crippen LogP contribution in [-0.2, 0) is 7.05 Å². The van der Waals surface area contributed by atoms with E-state index in [1.807, 2.05) is 6.07 Å². The number of hydrogen-bond donors (Lipinski definition) is 0. The lowest BCUT2D eigenvalue weighted by Gasteiger charge is -2.08. The van der Waals surface area contributed by atoms with Gasteiger partial charge in [0.05, 0.1) is 12.7 Å². The van der Waals surface area contributed by atoms with Crippen LogP contribution < -0.4 is 4.74 Å². The number of halogens is 2. The van der Waals surface area contributed by atoms with Crippen molar-refractivity contribution >= 4 is 11.6 Å². The summed E-state index contributed by atoms with van der Waals surface area (Å²) in [7, 11) is 3.11. The molecule has 1 aromatic heterocycles. The highest BCUT2D eigenvalue weighted by atomic mass is 35.5. The second-order valence-electron chi connectivity index (χ2n) is 3.59. The fraction of sp³-hybridized carbons (Fsp3) is 0.167. The summed E-state index contributed by atoms with van der Waals surface area (Å²) in [6, 6.07) is 6.02. The van der Waals surface area contributed by atoms with Gasteiger partial charge in [0.1, 0.15) is 23.5 Å². The largest absolute Gasteiger partial charge is 0.496 e. The van der Waals surface area contributed by atoms with Crippen molar-refractivity contribution in [3.63, 3.8) is 0 Å². The first kappa shape index (κ1) is 12.4. The molecular formula is C12H9ClFN3O. The average molecular weight is 266 g/mol. The van der Waals surface area contributed by atoms with Crippen molar-refractivity contribution in [2.24, 2.45) is 7.05 Å². The summed E-state index contributed by atoms with van der Waals surface area (Å²) in [5.74, 6) is 0.432. The monoisotopic (exact) mass is 265 g/mol. The van der Waals surface area contributed by atoms with Gasteiger partial charge in [-0.2, -0.15) is 5.26 Å². The van der Waals surface area contributed by atoms with Crippen LogP contribution in [-0.4, -0.2) is 16.7 Å². The fourth-order valence-corrected chi connectivity index (χ4v) is 1.93. The Hall–Kier alpha value is -2.06. The van der Waals surface area contributed by atoms with Gasteiger partial charge in [-0.15, -0.1) is 0 Å². The molecule has 2 rings (SSSR count). The third-order valence-electron chi connectivity index (χ3n) is 2.56. The second kappa shape index (κ2) is 4.67. The number of methoxy groups -OCH3 is 1. The van der Waals surface area contributed by atoms with Gasteiger partial charge in [0, 0.05) is 7.05 Å². The van der Waals surface area contributed by atoms with Crippen molar-refractivity contribution in [1.29, 1.82) is 5.26 Å². The van der Waals surface area contributed by atoms with E-state index in [9.17, 15) is 4.39 Å². The van der Waals surface area contributed by atoms with E-state index in [4.69, 9.17) is 21.6 Å². The Bertz CT molecular complexity index is 646. The molecule has 0 aliphatic heterocycles. The molecule has 0 amide bonds. The molecule has 6 heteroatoms. The number of imidazole rings is 1. The van der Waals surface area contributed by atoms with Gasteiger partial charge in [-0.25, -0.2) is 9.37 Å². The predicted molar refractivity (Wildman–Crippen MR) is 64.9 cm³/mol. The van der Waals surface area contributed by atoms with Crippen molar-refractivity contribution in [2.75, 3.05) is 7.11 Å². The Balaban J connectivity index is 2.70. The number of nitriles is 1. The van der Waals surface area contributed by atoms with E-state index in [2.05, 4.69) is 4.98 Å². The molecule has 1 heterocycles. The van der Waals surface area contributed by atoms with Gasteiger partial charge in [0.25, 0.3) is 0 Å². The number of ether oxygens (including phenoxy) is 1. The third-order valence-corrected chi connectivity index (χ3v) is 2.82. The fourth-order valence-electron chi connectivity index (χ4n) is 1.68. The summed E-state index contributed by atoms with van der Waals surface area (Å²) < 4.78 is 19.9. The average Bonchev–Trinajstić information content (AvgIpc) is 2.64. The minimum Gasteiger partial charge on any atom is -0.496 e. The predicted octanol–water partition coefficient (Wildman–Crippen LogP) is 2.76. The first-order valence-corrected chi connectivity index (χ1v) is 5.42. The molecule has 0 N–H and O–H groups in total. The van der Waals surface area contributed by atoms with Crippen LogP contribution in [0.5, 0.6) is 5.75 Å². The van der Waals surface area contributed by atoms with Crippen LogP contribution >= 0.6 is 11.6 Å². The summed E-state index contributed by atoms with van der Waals surface area (Å²) in [6.07, 6.45) is 0. The van der Waals surface area contributed by atoms with Crippen LogP contribution in [0, 0.1) is 17.1 Å². The molecule has 0 bridgehead atoms. The Morgan fingerprint density at radius 3 is 2.78 bits per heavy atom. The molecule has 0 saturated carbocycles. The van der Waals surface area contributed by atoms with E-state index < -0.39 is 5.82 Å². The zero-order valence-electron chi connectivity index (χ0n) is 9.74. The van der Waals surface area contributed by atoms with E-state index in [0.717, 1.165) is 0 Å². The highest BCUT2D eigenvalue weighted by Gasteiger charge is 2.17. The molecule has 18 heavy (non-hydrogen) atoms. The molecule has 0 aliphatic rings. The zero-order valence-corrected chi connectivity index (χ0v) is 10.5. The third kappa shape index (κ3) is 1.91. The van der Waals surface area contributed by atoms with E-state index >= 15 is 0 Å².